The molecule has 1 N–H and O–H groups in total. The first-order valence-corrected chi connectivity index (χ1v) is 7.98. The maximum absolute atomic E-state index is 12.6. The number of aromatic nitrogens is 2. The molecule has 8 nitrogen and oxygen atoms in total. The number of carboxylic acids is 1. The first-order valence-electron chi connectivity index (χ1n) is 7.98. The van der Waals surface area contributed by atoms with Gasteiger partial charge in [0.15, 0.2) is 0 Å². The van der Waals surface area contributed by atoms with Gasteiger partial charge < -0.3 is 14.9 Å². The van der Waals surface area contributed by atoms with Crippen LogP contribution in [0.3, 0.4) is 0 Å². The molecule has 0 aromatic carbocycles. The highest BCUT2D eigenvalue weighted by Gasteiger charge is 2.29. The Hall–Kier alpha value is -2.38. The van der Waals surface area contributed by atoms with E-state index in [2.05, 4.69) is 5.10 Å². The molecule has 1 aliphatic rings. The predicted molar refractivity (Wildman–Crippen MR) is 86.6 cm³/mol. The molecule has 2 rings (SSSR count). The van der Waals surface area contributed by atoms with Crippen LogP contribution in [0.5, 0.6) is 0 Å². The second-order valence-corrected chi connectivity index (χ2v) is 6.35. The number of carbonyl (C=O) groups excluding carboxylic acids is 2. The lowest BCUT2D eigenvalue weighted by atomic mass is 9.98. The van der Waals surface area contributed by atoms with E-state index < -0.39 is 11.9 Å². The zero-order valence-corrected chi connectivity index (χ0v) is 14.6. The molecule has 0 spiro atoms. The molecule has 1 aromatic heterocycles. The quantitative estimate of drug-likeness (QED) is 0.860. The van der Waals surface area contributed by atoms with E-state index in [0.717, 1.165) is 5.69 Å². The summed E-state index contributed by atoms with van der Waals surface area (Å²) in [6, 6.07) is 0. The number of amides is 2. The van der Waals surface area contributed by atoms with E-state index in [1.54, 1.807) is 25.7 Å². The highest BCUT2D eigenvalue weighted by atomic mass is 16.4. The van der Waals surface area contributed by atoms with Crippen LogP contribution < -0.4 is 0 Å². The molecule has 0 aliphatic carbocycles. The first-order chi connectivity index (χ1) is 11.2. The third-order valence-electron chi connectivity index (χ3n) is 4.57. The van der Waals surface area contributed by atoms with Crippen molar-refractivity contribution in [1.29, 1.82) is 0 Å². The smallest absolute Gasteiger partial charge is 0.308 e. The van der Waals surface area contributed by atoms with Crippen molar-refractivity contribution >= 4 is 17.8 Å². The average Bonchev–Trinajstić information content (AvgIpc) is 2.79. The van der Waals surface area contributed by atoms with Gasteiger partial charge in [-0.2, -0.15) is 5.10 Å². The largest absolute Gasteiger partial charge is 0.481 e. The first kappa shape index (κ1) is 18.0. The Labute approximate surface area is 141 Å². The van der Waals surface area contributed by atoms with E-state index in [9.17, 15) is 14.4 Å². The molecule has 1 atom stereocenters. The zero-order valence-electron chi connectivity index (χ0n) is 14.6. The van der Waals surface area contributed by atoms with E-state index in [0.29, 0.717) is 30.6 Å². The number of aliphatic carboxylic acids is 1. The summed E-state index contributed by atoms with van der Waals surface area (Å²) in [5.41, 5.74) is 1.89. The number of hydrogen-bond acceptors (Lipinski definition) is 4. The Morgan fingerprint density at radius 2 is 2.00 bits per heavy atom. The minimum Gasteiger partial charge on any atom is -0.481 e. The van der Waals surface area contributed by atoms with E-state index in [1.807, 2.05) is 6.92 Å². The summed E-state index contributed by atoms with van der Waals surface area (Å²) in [4.78, 5) is 39.0. The Bertz CT molecular complexity index is 667. The third-order valence-corrected chi connectivity index (χ3v) is 4.57. The van der Waals surface area contributed by atoms with Crippen molar-refractivity contribution in [3.8, 4) is 0 Å². The number of aryl methyl sites for hydroxylation is 2. The van der Waals surface area contributed by atoms with Crippen LogP contribution in [0.1, 0.15) is 34.6 Å². The van der Waals surface area contributed by atoms with E-state index >= 15 is 0 Å². The Morgan fingerprint density at radius 1 is 1.33 bits per heavy atom. The fraction of sp³-hybridized carbons (Fsp3) is 0.625. The molecule has 0 saturated carbocycles. The van der Waals surface area contributed by atoms with Crippen LogP contribution in [-0.4, -0.2) is 69.2 Å². The lowest BCUT2D eigenvalue weighted by Crippen LogP contribution is -2.47. The molecule has 1 aromatic rings. The average molecular weight is 336 g/mol. The molecule has 132 valence electrons. The summed E-state index contributed by atoms with van der Waals surface area (Å²) in [5, 5.41) is 13.3. The topological polar surface area (TPSA) is 95.7 Å². The minimum atomic E-state index is -0.876. The minimum absolute atomic E-state index is 0.0705. The number of carbonyl (C=O) groups is 3. The number of likely N-dealkylation sites (tertiary alicyclic amines) is 1. The van der Waals surface area contributed by atoms with Gasteiger partial charge in [-0.1, -0.05) is 0 Å². The number of likely N-dealkylation sites (N-methyl/N-ethyl adjacent to an activating group) is 1. The van der Waals surface area contributed by atoms with Gasteiger partial charge in [-0.05, 0) is 26.7 Å². The molecule has 1 aliphatic heterocycles. The van der Waals surface area contributed by atoms with Crippen LogP contribution in [0, 0.1) is 19.8 Å². The lowest BCUT2D eigenvalue weighted by Gasteiger charge is -2.32. The van der Waals surface area contributed by atoms with Crippen molar-refractivity contribution in [2.45, 2.75) is 26.7 Å². The van der Waals surface area contributed by atoms with Crippen LogP contribution in [0.2, 0.25) is 0 Å². The zero-order chi connectivity index (χ0) is 18.0. The van der Waals surface area contributed by atoms with E-state index in [4.69, 9.17) is 5.11 Å². The second-order valence-electron chi connectivity index (χ2n) is 6.35. The van der Waals surface area contributed by atoms with Gasteiger partial charge in [0, 0.05) is 32.9 Å². The number of hydrogen-bond donors (Lipinski definition) is 1. The van der Waals surface area contributed by atoms with Crippen LogP contribution in [-0.2, 0) is 16.6 Å². The maximum Gasteiger partial charge on any atom is 0.308 e. The highest BCUT2D eigenvalue weighted by molar-refractivity contribution is 5.98. The van der Waals surface area contributed by atoms with Crippen molar-refractivity contribution < 1.29 is 19.5 Å². The van der Waals surface area contributed by atoms with Crippen molar-refractivity contribution in [3.63, 3.8) is 0 Å². The molecule has 24 heavy (non-hydrogen) atoms. The van der Waals surface area contributed by atoms with Crippen LogP contribution >= 0.6 is 0 Å². The summed E-state index contributed by atoms with van der Waals surface area (Å²) < 4.78 is 1.64. The number of piperidine rings is 1. The molecule has 2 heterocycles. The van der Waals surface area contributed by atoms with Crippen molar-refractivity contribution in [3.05, 3.63) is 17.0 Å². The second kappa shape index (κ2) is 7.02. The number of carboxylic acid groups (broad SMARTS) is 1. The number of rotatable bonds is 4. The van der Waals surface area contributed by atoms with Crippen LogP contribution in [0.4, 0.5) is 0 Å². The van der Waals surface area contributed by atoms with Crippen molar-refractivity contribution in [2.75, 3.05) is 26.7 Å². The van der Waals surface area contributed by atoms with Crippen LogP contribution in [0.15, 0.2) is 0 Å². The van der Waals surface area contributed by atoms with Gasteiger partial charge in [0.2, 0.25) is 5.91 Å². The Balaban J connectivity index is 2.03. The van der Waals surface area contributed by atoms with Gasteiger partial charge >= 0.3 is 5.97 Å². The fourth-order valence-corrected chi connectivity index (χ4v) is 3.05. The van der Waals surface area contributed by atoms with Crippen LogP contribution in [0.25, 0.3) is 0 Å². The number of nitrogens with zero attached hydrogens (tertiary/aromatic N) is 4. The summed E-state index contributed by atoms with van der Waals surface area (Å²) in [5.74, 6) is -1.88. The van der Waals surface area contributed by atoms with Gasteiger partial charge in [-0.3, -0.25) is 19.1 Å². The Kier molecular flexibility index (Phi) is 5.26. The maximum atomic E-state index is 12.6. The van der Waals surface area contributed by atoms with Gasteiger partial charge in [-0.25, -0.2) is 0 Å². The molecular weight excluding hydrogens is 312 g/mol. The normalized spacial score (nSPS) is 17.7. The predicted octanol–water partition coefficient (Wildman–Crippen LogP) is 0.432. The lowest BCUT2D eigenvalue weighted by molar-refractivity contribution is -0.145. The van der Waals surface area contributed by atoms with Gasteiger partial charge in [0.05, 0.1) is 23.7 Å². The van der Waals surface area contributed by atoms with E-state index in [1.165, 1.54) is 9.80 Å². The molecule has 2 amide bonds. The highest BCUT2D eigenvalue weighted by Crippen LogP contribution is 2.18. The SMILES string of the molecule is Cc1nn(C)c(C)c1C(=O)N(C)CC(=O)N1CCCC(C(=O)O)C1. The fourth-order valence-electron chi connectivity index (χ4n) is 3.05. The molecule has 0 radical (unpaired) electrons. The third kappa shape index (κ3) is 3.58. The monoisotopic (exact) mass is 336 g/mol. The molecule has 8 heteroatoms. The summed E-state index contributed by atoms with van der Waals surface area (Å²) in [6.07, 6.45) is 1.25. The molecule has 1 fully saturated rings. The Morgan fingerprint density at radius 3 is 2.54 bits per heavy atom. The van der Waals surface area contributed by atoms with Gasteiger partial charge in [-0.15, -0.1) is 0 Å². The van der Waals surface area contributed by atoms with Crippen molar-refractivity contribution in [1.82, 2.24) is 19.6 Å². The summed E-state index contributed by atoms with van der Waals surface area (Å²) in [6.45, 7) is 4.25. The molecule has 1 unspecified atom stereocenters. The summed E-state index contributed by atoms with van der Waals surface area (Å²) >= 11 is 0. The summed E-state index contributed by atoms with van der Waals surface area (Å²) in [7, 11) is 3.34. The molecular formula is C16H24N4O4. The van der Waals surface area contributed by atoms with Gasteiger partial charge in [0.1, 0.15) is 0 Å². The molecule has 1 saturated heterocycles. The standard InChI is InChI=1S/C16H24N4O4/c1-10-14(11(2)19(4)17-10)15(22)18(3)9-13(21)20-7-5-6-12(8-20)16(23)24/h12H,5-9H2,1-4H3,(H,23,24). The van der Waals surface area contributed by atoms with Gasteiger partial charge in [0.25, 0.3) is 5.91 Å². The van der Waals surface area contributed by atoms with E-state index in [-0.39, 0.29) is 24.9 Å². The molecule has 0 bridgehead atoms. The van der Waals surface area contributed by atoms with Crippen molar-refractivity contribution in [2.24, 2.45) is 13.0 Å².